The van der Waals surface area contributed by atoms with Crippen LogP contribution in [0.2, 0.25) is 0 Å². The molecule has 0 unspecified atom stereocenters. The van der Waals surface area contributed by atoms with Crippen molar-refractivity contribution in [2.45, 2.75) is 39.0 Å². The lowest BCUT2D eigenvalue weighted by atomic mass is 9.89. The van der Waals surface area contributed by atoms with Crippen molar-refractivity contribution in [1.29, 1.82) is 0 Å². The van der Waals surface area contributed by atoms with Crippen molar-refractivity contribution in [3.8, 4) is 16.9 Å². The first kappa shape index (κ1) is 17.5. The number of methoxy groups -OCH3 is 1. The van der Waals surface area contributed by atoms with E-state index in [0.29, 0.717) is 18.3 Å². The lowest BCUT2D eigenvalue weighted by molar-refractivity contribution is -0.133. The fraction of sp³-hybridized carbons (Fsp3) is 0.500. The highest BCUT2D eigenvalue weighted by Crippen LogP contribution is 2.35. The van der Waals surface area contributed by atoms with Gasteiger partial charge in [-0.1, -0.05) is 26.0 Å². The van der Waals surface area contributed by atoms with Crippen LogP contribution in [0.25, 0.3) is 11.1 Å². The van der Waals surface area contributed by atoms with Crippen molar-refractivity contribution in [3.05, 3.63) is 36.2 Å². The van der Waals surface area contributed by atoms with Crippen molar-refractivity contribution in [2.24, 2.45) is 5.92 Å². The SMILES string of the molecule is COc1cccc(-c2cn[nH]c2C2CCN(C(=O)CC(C)C)CC2)c1. The van der Waals surface area contributed by atoms with Crippen molar-refractivity contribution < 1.29 is 9.53 Å². The standard InChI is InChI=1S/C20H27N3O2/c1-14(2)11-19(24)23-9-7-15(8-10-23)20-18(13-21-22-20)16-5-4-6-17(12-16)25-3/h4-6,12-15H,7-11H2,1-3H3,(H,21,22). The average Bonchev–Trinajstić information content (AvgIpc) is 3.11. The quantitative estimate of drug-likeness (QED) is 0.899. The van der Waals surface area contributed by atoms with E-state index >= 15 is 0 Å². The van der Waals surface area contributed by atoms with Crippen LogP contribution in [-0.4, -0.2) is 41.2 Å². The van der Waals surface area contributed by atoms with E-state index in [-0.39, 0.29) is 5.91 Å². The van der Waals surface area contributed by atoms with E-state index < -0.39 is 0 Å². The molecule has 3 rings (SSSR count). The number of nitrogens with one attached hydrogen (secondary N) is 1. The van der Waals surface area contributed by atoms with E-state index in [1.807, 2.05) is 29.3 Å². The van der Waals surface area contributed by atoms with Crippen molar-refractivity contribution in [1.82, 2.24) is 15.1 Å². The average molecular weight is 341 g/mol. The number of hydrogen-bond acceptors (Lipinski definition) is 3. The molecule has 2 aromatic rings. The zero-order valence-electron chi connectivity index (χ0n) is 15.3. The number of ether oxygens (including phenoxy) is 1. The predicted octanol–water partition coefficient (Wildman–Crippen LogP) is 3.84. The lowest BCUT2D eigenvalue weighted by Gasteiger charge is -2.32. The van der Waals surface area contributed by atoms with E-state index in [1.54, 1.807) is 7.11 Å². The van der Waals surface area contributed by atoms with Crippen LogP contribution in [-0.2, 0) is 4.79 Å². The highest BCUT2D eigenvalue weighted by atomic mass is 16.5. The molecule has 0 bridgehead atoms. The maximum Gasteiger partial charge on any atom is 0.222 e. The van der Waals surface area contributed by atoms with Gasteiger partial charge >= 0.3 is 0 Å². The summed E-state index contributed by atoms with van der Waals surface area (Å²) >= 11 is 0. The molecule has 0 spiro atoms. The second kappa shape index (κ2) is 7.72. The van der Waals surface area contributed by atoms with Gasteiger partial charge in [-0.2, -0.15) is 5.10 Å². The first-order chi connectivity index (χ1) is 12.1. The number of hydrogen-bond donors (Lipinski definition) is 1. The van der Waals surface area contributed by atoms with Gasteiger partial charge in [0, 0.05) is 36.7 Å². The summed E-state index contributed by atoms with van der Waals surface area (Å²) in [5.41, 5.74) is 3.41. The minimum absolute atomic E-state index is 0.283. The third-order valence-corrected chi connectivity index (χ3v) is 4.89. The zero-order chi connectivity index (χ0) is 17.8. The monoisotopic (exact) mass is 341 g/mol. The Balaban J connectivity index is 1.71. The molecule has 5 heteroatoms. The highest BCUT2D eigenvalue weighted by molar-refractivity contribution is 5.76. The molecule has 0 radical (unpaired) electrons. The number of H-pyrrole nitrogens is 1. The maximum atomic E-state index is 12.3. The molecule has 25 heavy (non-hydrogen) atoms. The summed E-state index contributed by atoms with van der Waals surface area (Å²) in [4.78, 5) is 14.3. The van der Waals surface area contributed by atoms with Crippen LogP contribution in [0.5, 0.6) is 5.75 Å². The molecule has 1 amide bonds. The third kappa shape index (κ3) is 4.03. The normalized spacial score (nSPS) is 15.6. The number of aromatic amines is 1. The number of rotatable bonds is 5. The largest absolute Gasteiger partial charge is 0.497 e. The molecule has 1 fully saturated rings. The van der Waals surface area contributed by atoms with Crippen LogP contribution in [0.1, 0.15) is 44.7 Å². The van der Waals surface area contributed by atoms with E-state index in [9.17, 15) is 4.79 Å². The number of carbonyl (C=O) groups excluding carboxylic acids is 1. The molecular weight excluding hydrogens is 314 g/mol. The van der Waals surface area contributed by atoms with Crippen molar-refractivity contribution >= 4 is 5.91 Å². The van der Waals surface area contributed by atoms with Crippen molar-refractivity contribution in [3.63, 3.8) is 0 Å². The summed E-state index contributed by atoms with van der Waals surface area (Å²) in [5.74, 6) is 1.95. The number of carbonyl (C=O) groups is 1. The predicted molar refractivity (Wildman–Crippen MR) is 98.6 cm³/mol. The molecule has 2 heterocycles. The van der Waals surface area contributed by atoms with Gasteiger partial charge in [-0.15, -0.1) is 0 Å². The minimum atomic E-state index is 0.283. The molecule has 1 aliphatic heterocycles. The molecule has 5 nitrogen and oxygen atoms in total. The highest BCUT2D eigenvalue weighted by Gasteiger charge is 2.26. The van der Waals surface area contributed by atoms with Crippen LogP contribution >= 0.6 is 0 Å². The maximum absolute atomic E-state index is 12.3. The summed E-state index contributed by atoms with van der Waals surface area (Å²) in [5, 5.41) is 7.47. The van der Waals surface area contributed by atoms with Crippen LogP contribution in [0.3, 0.4) is 0 Å². The molecule has 1 aromatic carbocycles. The molecule has 1 saturated heterocycles. The number of piperidine rings is 1. The minimum Gasteiger partial charge on any atom is -0.497 e. The fourth-order valence-corrected chi connectivity index (χ4v) is 3.52. The summed E-state index contributed by atoms with van der Waals surface area (Å²) in [6.07, 6.45) is 4.48. The van der Waals surface area contributed by atoms with Gasteiger partial charge in [0.15, 0.2) is 0 Å². The third-order valence-electron chi connectivity index (χ3n) is 4.89. The second-order valence-corrected chi connectivity index (χ2v) is 7.18. The smallest absolute Gasteiger partial charge is 0.222 e. The lowest BCUT2D eigenvalue weighted by Crippen LogP contribution is -2.38. The zero-order valence-corrected chi connectivity index (χ0v) is 15.3. The van der Waals surface area contributed by atoms with E-state index in [4.69, 9.17) is 4.74 Å². The van der Waals surface area contributed by atoms with E-state index in [1.165, 1.54) is 5.69 Å². The Morgan fingerprint density at radius 2 is 2.12 bits per heavy atom. The van der Waals surface area contributed by atoms with E-state index in [0.717, 1.165) is 42.8 Å². The summed E-state index contributed by atoms with van der Waals surface area (Å²) in [6.45, 7) is 5.84. The summed E-state index contributed by atoms with van der Waals surface area (Å²) in [6, 6.07) is 8.06. The molecule has 1 aromatic heterocycles. The van der Waals surface area contributed by atoms with E-state index in [2.05, 4.69) is 30.1 Å². The van der Waals surface area contributed by atoms with Crippen LogP contribution in [0, 0.1) is 5.92 Å². The molecule has 0 saturated carbocycles. The fourth-order valence-electron chi connectivity index (χ4n) is 3.52. The Hall–Kier alpha value is -2.30. The Labute approximate surface area is 149 Å². The Morgan fingerprint density at radius 3 is 2.80 bits per heavy atom. The van der Waals surface area contributed by atoms with Gasteiger partial charge in [0.25, 0.3) is 0 Å². The number of benzene rings is 1. The van der Waals surface area contributed by atoms with Gasteiger partial charge < -0.3 is 9.64 Å². The molecule has 0 aliphatic carbocycles. The van der Waals surface area contributed by atoms with Gasteiger partial charge in [0.1, 0.15) is 5.75 Å². The molecule has 1 N–H and O–H groups in total. The Bertz CT molecular complexity index is 715. The van der Waals surface area contributed by atoms with Crippen LogP contribution in [0.4, 0.5) is 0 Å². The number of aromatic nitrogens is 2. The summed E-state index contributed by atoms with van der Waals surface area (Å²) in [7, 11) is 1.68. The van der Waals surface area contributed by atoms with Gasteiger partial charge in [-0.25, -0.2) is 0 Å². The molecule has 134 valence electrons. The first-order valence-corrected chi connectivity index (χ1v) is 9.04. The number of amides is 1. The van der Waals surface area contributed by atoms with Gasteiger partial charge in [-0.3, -0.25) is 9.89 Å². The van der Waals surface area contributed by atoms with Gasteiger partial charge in [0.2, 0.25) is 5.91 Å². The first-order valence-electron chi connectivity index (χ1n) is 9.04. The van der Waals surface area contributed by atoms with Crippen molar-refractivity contribution in [2.75, 3.05) is 20.2 Å². The van der Waals surface area contributed by atoms with Crippen LogP contribution in [0.15, 0.2) is 30.5 Å². The molecule has 0 atom stereocenters. The Kier molecular flexibility index (Phi) is 5.41. The molecular formula is C20H27N3O2. The number of nitrogens with zero attached hydrogens (tertiary/aromatic N) is 2. The Morgan fingerprint density at radius 1 is 1.36 bits per heavy atom. The second-order valence-electron chi connectivity index (χ2n) is 7.18. The number of likely N-dealkylation sites (tertiary alicyclic amines) is 1. The van der Waals surface area contributed by atoms with Gasteiger partial charge in [0.05, 0.1) is 13.3 Å². The summed E-state index contributed by atoms with van der Waals surface area (Å²) < 4.78 is 5.34. The molecule has 1 aliphatic rings. The van der Waals surface area contributed by atoms with Crippen LogP contribution < -0.4 is 4.74 Å². The topological polar surface area (TPSA) is 58.2 Å². The van der Waals surface area contributed by atoms with Gasteiger partial charge in [-0.05, 0) is 36.5 Å².